The van der Waals surface area contributed by atoms with Crippen LogP contribution in [0.2, 0.25) is 0 Å². The second kappa shape index (κ2) is 8.07. The van der Waals surface area contributed by atoms with Gasteiger partial charge in [-0.1, -0.05) is 11.3 Å². The van der Waals surface area contributed by atoms with E-state index in [1.165, 1.54) is 4.57 Å². The van der Waals surface area contributed by atoms with E-state index in [2.05, 4.69) is 4.40 Å². The minimum atomic E-state index is -4.13. The molecule has 0 atom stereocenters. The van der Waals surface area contributed by atoms with Crippen molar-refractivity contribution in [2.75, 3.05) is 19.8 Å². The fourth-order valence-corrected chi connectivity index (χ4v) is 5.17. The van der Waals surface area contributed by atoms with Crippen LogP contribution in [-0.4, -0.2) is 38.8 Å². The summed E-state index contributed by atoms with van der Waals surface area (Å²) in [6.07, 6.45) is 0. The van der Waals surface area contributed by atoms with Crippen LogP contribution in [-0.2, 0) is 26.1 Å². The van der Waals surface area contributed by atoms with Gasteiger partial charge in [0.2, 0.25) is 4.80 Å². The molecule has 0 N–H and O–H groups in total. The monoisotopic (exact) mass is 452 g/mol. The van der Waals surface area contributed by atoms with Crippen molar-refractivity contribution in [2.45, 2.75) is 18.4 Å². The standard InChI is InChI=1S/C19H17FN2O6S2/c1-2-26-18(23)11-22-14-9-15-16(28-8-7-27-15)10-17(14)29-19(22)21-30(24,25)13-5-3-12(20)4-6-13/h3-6,9-10H,2,7-8,11H2,1H3/b21-19-. The number of fused-ring (bicyclic) bond motifs is 2. The lowest BCUT2D eigenvalue weighted by molar-refractivity contribution is -0.143. The maximum Gasteiger partial charge on any atom is 0.326 e. The van der Waals surface area contributed by atoms with Gasteiger partial charge in [0.1, 0.15) is 25.6 Å². The molecule has 1 aliphatic heterocycles. The summed E-state index contributed by atoms with van der Waals surface area (Å²) >= 11 is 1.08. The fourth-order valence-electron chi connectivity index (χ4n) is 2.93. The molecule has 0 bridgehead atoms. The van der Waals surface area contributed by atoms with Crippen LogP contribution in [0.1, 0.15) is 6.92 Å². The Morgan fingerprint density at radius 2 is 1.87 bits per heavy atom. The molecule has 4 rings (SSSR count). The molecular weight excluding hydrogens is 435 g/mol. The molecule has 8 nitrogen and oxygen atoms in total. The first-order valence-corrected chi connectivity index (χ1v) is 11.3. The molecule has 11 heteroatoms. The minimum Gasteiger partial charge on any atom is -0.486 e. The van der Waals surface area contributed by atoms with Crippen molar-refractivity contribution in [2.24, 2.45) is 4.40 Å². The van der Waals surface area contributed by atoms with Crippen LogP contribution in [0, 0.1) is 5.82 Å². The zero-order valence-corrected chi connectivity index (χ0v) is 17.5. The number of sulfonamides is 1. The van der Waals surface area contributed by atoms with E-state index in [0.29, 0.717) is 34.9 Å². The van der Waals surface area contributed by atoms with Crippen LogP contribution >= 0.6 is 11.3 Å². The van der Waals surface area contributed by atoms with Crippen molar-refractivity contribution in [1.29, 1.82) is 0 Å². The van der Waals surface area contributed by atoms with E-state index in [0.717, 1.165) is 35.6 Å². The largest absolute Gasteiger partial charge is 0.486 e. The number of esters is 1. The Kier molecular flexibility index (Phi) is 5.48. The van der Waals surface area contributed by atoms with E-state index in [1.54, 1.807) is 19.1 Å². The van der Waals surface area contributed by atoms with Crippen molar-refractivity contribution < 1.29 is 31.8 Å². The number of nitrogens with zero attached hydrogens (tertiary/aromatic N) is 2. The Hall–Kier alpha value is -2.92. The van der Waals surface area contributed by atoms with Gasteiger partial charge < -0.3 is 18.8 Å². The lowest BCUT2D eigenvalue weighted by Gasteiger charge is -2.18. The second-order valence-electron chi connectivity index (χ2n) is 6.26. The SMILES string of the molecule is CCOC(=O)Cn1/c(=N/S(=O)(=O)c2ccc(F)cc2)sc2cc3c(cc21)OCCO3. The zero-order valence-electron chi connectivity index (χ0n) is 15.8. The first-order valence-electron chi connectivity index (χ1n) is 9.02. The third-order valence-electron chi connectivity index (χ3n) is 4.25. The van der Waals surface area contributed by atoms with Crippen LogP contribution in [0.3, 0.4) is 0 Å². The third-order valence-corrected chi connectivity index (χ3v) is 6.69. The van der Waals surface area contributed by atoms with Gasteiger partial charge >= 0.3 is 5.97 Å². The molecule has 0 unspecified atom stereocenters. The summed E-state index contributed by atoms with van der Waals surface area (Å²) < 4.78 is 60.9. The average Bonchev–Trinajstić information content (AvgIpc) is 3.02. The summed E-state index contributed by atoms with van der Waals surface area (Å²) in [6.45, 7) is 2.43. The van der Waals surface area contributed by atoms with Gasteiger partial charge in [-0.3, -0.25) is 4.79 Å². The molecule has 0 amide bonds. The van der Waals surface area contributed by atoms with Crippen LogP contribution in [0.5, 0.6) is 11.5 Å². The lowest BCUT2D eigenvalue weighted by Crippen LogP contribution is -2.23. The molecule has 2 heterocycles. The quantitative estimate of drug-likeness (QED) is 0.552. The van der Waals surface area contributed by atoms with Gasteiger partial charge in [-0.2, -0.15) is 8.42 Å². The summed E-state index contributed by atoms with van der Waals surface area (Å²) in [7, 11) is -4.13. The summed E-state index contributed by atoms with van der Waals surface area (Å²) in [5, 5.41) is 0. The molecule has 0 aliphatic carbocycles. The molecule has 0 fully saturated rings. The Morgan fingerprint density at radius 3 is 2.53 bits per heavy atom. The summed E-state index contributed by atoms with van der Waals surface area (Å²) in [5.41, 5.74) is 0.561. The number of carbonyl (C=O) groups is 1. The average molecular weight is 452 g/mol. The number of halogens is 1. The molecule has 1 aliphatic rings. The van der Waals surface area contributed by atoms with Gasteiger partial charge in [-0.05, 0) is 31.2 Å². The van der Waals surface area contributed by atoms with E-state index in [4.69, 9.17) is 14.2 Å². The van der Waals surface area contributed by atoms with Gasteiger partial charge in [0.15, 0.2) is 11.5 Å². The number of hydrogen-bond acceptors (Lipinski definition) is 7. The van der Waals surface area contributed by atoms with Crippen molar-refractivity contribution in [3.05, 3.63) is 47.0 Å². The molecule has 158 valence electrons. The van der Waals surface area contributed by atoms with Gasteiger partial charge in [-0.15, -0.1) is 4.40 Å². The maximum atomic E-state index is 13.2. The van der Waals surface area contributed by atoms with Crippen molar-refractivity contribution in [1.82, 2.24) is 4.57 Å². The number of rotatable bonds is 5. The molecule has 1 aromatic heterocycles. The minimum absolute atomic E-state index is 0.0738. The number of benzene rings is 2. The van der Waals surface area contributed by atoms with Gasteiger partial charge in [0.25, 0.3) is 10.0 Å². The Balaban J connectivity index is 1.89. The lowest BCUT2D eigenvalue weighted by atomic mass is 10.2. The highest BCUT2D eigenvalue weighted by molar-refractivity contribution is 7.90. The Labute approximate surface area is 175 Å². The predicted octanol–water partition coefficient (Wildman–Crippen LogP) is 2.47. The van der Waals surface area contributed by atoms with Gasteiger partial charge in [0, 0.05) is 12.1 Å². The van der Waals surface area contributed by atoms with Crippen molar-refractivity contribution in [3.8, 4) is 11.5 Å². The van der Waals surface area contributed by atoms with Crippen LogP contribution < -0.4 is 14.3 Å². The molecule has 2 aromatic carbocycles. The number of thiazole rings is 1. The fraction of sp³-hybridized carbons (Fsp3) is 0.263. The summed E-state index contributed by atoms with van der Waals surface area (Å²) in [6, 6.07) is 7.77. The van der Waals surface area contributed by atoms with E-state index in [1.807, 2.05) is 0 Å². The Bertz CT molecular complexity index is 1280. The highest BCUT2D eigenvalue weighted by Crippen LogP contribution is 2.35. The predicted molar refractivity (Wildman–Crippen MR) is 107 cm³/mol. The van der Waals surface area contributed by atoms with E-state index < -0.39 is 21.8 Å². The topological polar surface area (TPSA) is 96.2 Å². The van der Waals surface area contributed by atoms with E-state index in [-0.39, 0.29) is 22.8 Å². The highest BCUT2D eigenvalue weighted by Gasteiger charge is 2.20. The van der Waals surface area contributed by atoms with Crippen molar-refractivity contribution in [3.63, 3.8) is 0 Å². The summed E-state index contributed by atoms with van der Waals surface area (Å²) in [4.78, 5) is 12.1. The number of carbonyl (C=O) groups excluding carboxylic acids is 1. The van der Waals surface area contributed by atoms with Crippen LogP contribution in [0.15, 0.2) is 45.7 Å². The Morgan fingerprint density at radius 1 is 1.20 bits per heavy atom. The van der Waals surface area contributed by atoms with Gasteiger partial charge in [-0.25, -0.2) is 4.39 Å². The third kappa shape index (κ3) is 4.03. The highest BCUT2D eigenvalue weighted by atomic mass is 32.2. The molecule has 0 radical (unpaired) electrons. The number of ether oxygens (including phenoxy) is 3. The van der Waals surface area contributed by atoms with Crippen LogP contribution in [0.25, 0.3) is 10.2 Å². The normalized spacial score (nSPS) is 14.1. The van der Waals surface area contributed by atoms with Gasteiger partial charge in [0.05, 0.1) is 21.7 Å². The molecule has 0 saturated carbocycles. The zero-order chi connectivity index (χ0) is 21.3. The van der Waals surface area contributed by atoms with E-state index >= 15 is 0 Å². The number of aromatic nitrogens is 1. The smallest absolute Gasteiger partial charge is 0.326 e. The summed E-state index contributed by atoms with van der Waals surface area (Å²) in [5.74, 6) is -0.0604. The number of hydrogen-bond donors (Lipinski definition) is 0. The first kappa shape index (κ1) is 20.4. The molecular formula is C19H17FN2O6S2. The van der Waals surface area contributed by atoms with Crippen LogP contribution in [0.4, 0.5) is 4.39 Å². The molecule has 0 spiro atoms. The maximum absolute atomic E-state index is 13.2. The van der Waals surface area contributed by atoms with E-state index in [9.17, 15) is 17.6 Å². The molecule has 3 aromatic rings. The molecule has 0 saturated heterocycles. The first-order chi connectivity index (χ1) is 14.4. The molecule has 30 heavy (non-hydrogen) atoms. The van der Waals surface area contributed by atoms with Crippen molar-refractivity contribution >= 4 is 37.5 Å². The second-order valence-corrected chi connectivity index (χ2v) is 8.87.